The summed E-state index contributed by atoms with van der Waals surface area (Å²) in [6.07, 6.45) is 0. The first kappa shape index (κ1) is 11.5. The second-order valence-electron chi connectivity index (χ2n) is 3.59. The van der Waals surface area contributed by atoms with Crippen molar-refractivity contribution in [2.24, 2.45) is 0 Å². The molecule has 0 aromatic carbocycles. The molecular formula is C9H11ClN4OS. The van der Waals surface area contributed by atoms with E-state index in [0.717, 1.165) is 17.1 Å². The molecule has 0 atom stereocenters. The highest BCUT2D eigenvalue weighted by Crippen LogP contribution is 2.18. The van der Waals surface area contributed by atoms with Crippen LogP contribution in [0.4, 0.5) is 0 Å². The van der Waals surface area contributed by atoms with Gasteiger partial charge < -0.3 is 4.52 Å². The van der Waals surface area contributed by atoms with Crippen LogP contribution in [0.15, 0.2) is 10.6 Å². The van der Waals surface area contributed by atoms with Gasteiger partial charge >= 0.3 is 0 Å². The molecule has 0 radical (unpaired) electrons. The second kappa shape index (κ2) is 4.90. The normalized spacial score (nSPS) is 11.2. The first-order valence-corrected chi connectivity index (χ1v) is 5.88. The van der Waals surface area contributed by atoms with Crippen LogP contribution in [0, 0.1) is 6.92 Å². The van der Waals surface area contributed by atoms with Gasteiger partial charge in [-0.25, -0.2) is 0 Å². The summed E-state index contributed by atoms with van der Waals surface area (Å²) < 4.78 is 9.42. The summed E-state index contributed by atoms with van der Waals surface area (Å²) in [6.45, 7) is 3.23. The molecule has 2 heterocycles. The minimum atomic E-state index is 0.642. The fourth-order valence-electron chi connectivity index (χ4n) is 1.37. The van der Waals surface area contributed by atoms with Crippen LogP contribution in [0.1, 0.15) is 17.1 Å². The van der Waals surface area contributed by atoms with E-state index in [1.165, 1.54) is 11.5 Å². The number of aryl methyl sites for hydroxylation is 1. The number of hydrogen-bond donors (Lipinski definition) is 0. The van der Waals surface area contributed by atoms with Gasteiger partial charge in [0.1, 0.15) is 15.8 Å². The van der Waals surface area contributed by atoms with Crippen LogP contribution >= 0.6 is 23.1 Å². The molecule has 0 saturated heterocycles. The highest BCUT2D eigenvalue weighted by molar-refractivity contribution is 7.10. The van der Waals surface area contributed by atoms with Gasteiger partial charge in [-0.1, -0.05) is 21.2 Å². The summed E-state index contributed by atoms with van der Waals surface area (Å²) in [5, 5.41) is 7.88. The zero-order chi connectivity index (χ0) is 11.5. The van der Waals surface area contributed by atoms with E-state index in [9.17, 15) is 0 Å². The van der Waals surface area contributed by atoms with Gasteiger partial charge in [0.05, 0.1) is 5.69 Å². The van der Waals surface area contributed by atoms with Gasteiger partial charge in [-0.15, -0.1) is 5.10 Å². The summed E-state index contributed by atoms with van der Waals surface area (Å²) in [7, 11) is 1.97. The molecule has 0 N–H and O–H groups in total. The van der Waals surface area contributed by atoms with Gasteiger partial charge in [-0.3, -0.25) is 4.90 Å². The number of rotatable bonds is 4. The molecule has 86 valence electrons. The molecule has 7 heteroatoms. The Morgan fingerprint density at radius 2 is 2.31 bits per heavy atom. The largest absolute Gasteiger partial charge is 0.361 e. The van der Waals surface area contributed by atoms with Crippen molar-refractivity contribution in [1.29, 1.82) is 0 Å². The molecule has 0 aliphatic carbocycles. The molecule has 2 rings (SSSR count). The smallest absolute Gasteiger partial charge is 0.138 e. The summed E-state index contributed by atoms with van der Waals surface area (Å²) >= 11 is 7.12. The van der Waals surface area contributed by atoms with E-state index >= 15 is 0 Å². The molecule has 2 aromatic heterocycles. The molecule has 0 bridgehead atoms. The zero-order valence-corrected chi connectivity index (χ0v) is 10.5. The number of halogens is 1. The quantitative estimate of drug-likeness (QED) is 0.841. The van der Waals surface area contributed by atoms with E-state index < -0.39 is 0 Å². The van der Waals surface area contributed by atoms with Gasteiger partial charge in [0, 0.05) is 30.7 Å². The van der Waals surface area contributed by atoms with Gasteiger partial charge in [-0.05, 0) is 14.0 Å². The molecule has 0 aliphatic heterocycles. The van der Waals surface area contributed by atoms with Crippen LogP contribution in [0.25, 0.3) is 0 Å². The van der Waals surface area contributed by atoms with Crippen molar-refractivity contribution in [2.75, 3.05) is 7.05 Å². The molecule has 0 spiro atoms. The zero-order valence-electron chi connectivity index (χ0n) is 8.97. The Balaban J connectivity index is 1.94. The van der Waals surface area contributed by atoms with Crippen LogP contribution in [-0.2, 0) is 13.1 Å². The van der Waals surface area contributed by atoms with Crippen molar-refractivity contribution in [3.05, 3.63) is 27.6 Å². The first-order valence-electron chi connectivity index (χ1n) is 4.72. The second-order valence-corrected chi connectivity index (χ2v) is 4.95. The highest BCUT2D eigenvalue weighted by Gasteiger charge is 2.10. The summed E-state index contributed by atoms with van der Waals surface area (Å²) in [4.78, 5) is 2.06. The molecule has 0 fully saturated rings. The summed E-state index contributed by atoms with van der Waals surface area (Å²) in [5.74, 6) is 0.816. The lowest BCUT2D eigenvalue weighted by Gasteiger charge is -2.12. The number of nitrogens with zero attached hydrogens (tertiary/aromatic N) is 4. The molecule has 0 aliphatic rings. The molecule has 16 heavy (non-hydrogen) atoms. The Hall–Kier alpha value is -0.980. The Bertz CT molecular complexity index is 470. The molecular weight excluding hydrogens is 248 g/mol. The van der Waals surface area contributed by atoms with Crippen molar-refractivity contribution in [2.45, 2.75) is 20.0 Å². The van der Waals surface area contributed by atoms with Gasteiger partial charge in [-0.2, -0.15) is 0 Å². The minimum Gasteiger partial charge on any atom is -0.361 e. The summed E-state index contributed by atoms with van der Waals surface area (Å²) in [5.41, 5.74) is 1.70. The predicted molar refractivity (Wildman–Crippen MR) is 61.3 cm³/mol. The van der Waals surface area contributed by atoms with Crippen molar-refractivity contribution in [3.8, 4) is 0 Å². The number of hydrogen-bond acceptors (Lipinski definition) is 6. The average molecular weight is 259 g/mol. The van der Waals surface area contributed by atoms with Crippen molar-refractivity contribution in [3.63, 3.8) is 0 Å². The van der Waals surface area contributed by atoms with Crippen molar-refractivity contribution >= 4 is 23.1 Å². The van der Waals surface area contributed by atoms with Gasteiger partial charge in [0.2, 0.25) is 0 Å². The fourth-order valence-corrected chi connectivity index (χ4v) is 1.98. The Morgan fingerprint density at radius 1 is 1.50 bits per heavy atom. The third kappa shape index (κ3) is 2.78. The van der Waals surface area contributed by atoms with Crippen LogP contribution < -0.4 is 0 Å². The third-order valence-electron chi connectivity index (χ3n) is 2.04. The topological polar surface area (TPSA) is 55.1 Å². The lowest BCUT2D eigenvalue weighted by atomic mass is 10.3. The lowest BCUT2D eigenvalue weighted by molar-refractivity contribution is 0.299. The Kier molecular flexibility index (Phi) is 3.52. The summed E-state index contributed by atoms with van der Waals surface area (Å²) in [6, 6.07) is 1.91. The van der Waals surface area contributed by atoms with E-state index in [0.29, 0.717) is 17.4 Å². The monoisotopic (exact) mass is 258 g/mol. The van der Waals surface area contributed by atoms with Crippen molar-refractivity contribution in [1.82, 2.24) is 19.6 Å². The van der Waals surface area contributed by atoms with Crippen LogP contribution in [0.2, 0.25) is 4.34 Å². The van der Waals surface area contributed by atoms with E-state index in [1.54, 1.807) is 0 Å². The highest BCUT2D eigenvalue weighted by atomic mass is 35.5. The molecule has 2 aromatic rings. The van der Waals surface area contributed by atoms with E-state index in [2.05, 4.69) is 19.6 Å². The average Bonchev–Trinajstić information content (AvgIpc) is 2.77. The van der Waals surface area contributed by atoms with Crippen LogP contribution in [0.3, 0.4) is 0 Å². The van der Waals surface area contributed by atoms with E-state index in [-0.39, 0.29) is 0 Å². The number of aromatic nitrogens is 3. The standard InChI is InChI=1S/C9H11ClN4OS/c1-6-3-7(12-15-6)4-14(2)5-8-9(10)16-13-11-8/h3H,4-5H2,1-2H3. The van der Waals surface area contributed by atoms with Gasteiger partial charge in [0.15, 0.2) is 0 Å². The van der Waals surface area contributed by atoms with Crippen LogP contribution in [0.5, 0.6) is 0 Å². The molecule has 0 saturated carbocycles. The van der Waals surface area contributed by atoms with E-state index in [1.807, 2.05) is 20.0 Å². The predicted octanol–water partition coefficient (Wildman–Crippen LogP) is 2.12. The Morgan fingerprint density at radius 3 is 2.88 bits per heavy atom. The van der Waals surface area contributed by atoms with Gasteiger partial charge in [0.25, 0.3) is 0 Å². The Labute approximate surface area is 102 Å². The molecule has 0 unspecified atom stereocenters. The fraction of sp³-hybridized carbons (Fsp3) is 0.444. The maximum absolute atomic E-state index is 5.92. The minimum absolute atomic E-state index is 0.642. The van der Waals surface area contributed by atoms with E-state index in [4.69, 9.17) is 16.1 Å². The maximum atomic E-state index is 5.92. The SMILES string of the molecule is Cc1cc(CN(C)Cc2nnsc2Cl)no1. The molecule has 0 amide bonds. The lowest BCUT2D eigenvalue weighted by Crippen LogP contribution is -2.17. The third-order valence-corrected chi connectivity index (χ3v) is 3.02. The first-order chi connectivity index (χ1) is 7.65. The maximum Gasteiger partial charge on any atom is 0.138 e. The van der Waals surface area contributed by atoms with Crippen LogP contribution in [-0.4, -0.2) is 26.7 Å². The van der Waals surface area contributed by atoms with Crippen molar-refractivity contribution < 1.29 is 4.52 Å². The molecule has 5 nitrogen and oxygen atoms in total.